The average Bonchev–Trinajstić information content (AvgIpc) is 2.38. The van der Waals surface area contributed by atoms with Crippen LogP contribution in [-0.4, -0.2) is 25.5 Å². The number of nitriles is 1. The van der Waals surface area contributed by atoms with Gasteiger partial charge in [-0.3, -0.25) is 0 Å². The minimum Gasteiger partial charge on any atom is -0.382 e. The predicted molar refractivity (Wildman–Crippen MR) is 81.7 cm³/mol. The van der Waals surface area contributed by atoms with Gasteiger partial charge in [0.05, 0.1) is 24.5 Å². The smallest absolute Gasteiger partial charge is 0.102 e. The van der Waals surface area contributed by atoms with Gasteiger partial charge in [0.1, 0.15) is 6.07 Å². The van der Waals surface area contributed by atoms with Crippen molar-refractivity contribution < 1.29 is 4.74 Å². The summed E-state index contributed by atoms with van der Waals surface area (Å²) in [5, 5.41) is 12.5. The highest BCUT2D eigenvalue weighted by atomic mass is 32.2. The maximum absolute atomic E-state index is 9.26. The largest absolute Gasteiger partial charge is 0.382 e. The minimum absolute atomic E-state index is 0.582. The molecule has 0 fully saturated rings. The standard InChI is InChI=1S/C15H20N2OS/c1-4-19-15-7-5-6-14(13(15)10-16)17-8-9-18-11-12(2)3/h5-7,17H,2,4,8-9,11H2,1,3H3. The van der Waals surface area contributed by atoms with E-state index in [9.17, 15) is 5.26 Å². The summed E-state index contributed by atoms with van der Waals surface area (Å²) in [5.41, 5.74) is 2.60. The van der Waals surface area contributed by atoms with Crippen molar-refractivity contribution in [3.63, 3.8) is 0 Å². The first-order valence-corrected chi connectivity index (χ1v) is 7.29. The molecule has 1 aromatic rings. The third kappa shape index (κ3) is 5.37. The molecule has 0 unspecified atom stereocenters. The highest BCUT2D eigenvalue weighted by Crippen LogP contribution is 2.27. The second-order valence-electron chi connectivity index (χ2n) is 4.16. The molecule has 1 aromatic carbocycles. The Kier molecular flexibility index (Phi) is 7.09. The van der Waals surface area contributed by atoms with E-state index in [1.807, 2.05) is 25.1 Å². The van der Waals surface area contributed by atoms with Crippen LogP contribution < -0.4 is 5.32 Å². The van der Waals surface area contributed by atoms with E-state index in [1.54, 1.807) is 11.8 Å². The number of ether oxygens (including phenoxy) is 1. The van der Waals surface area contributed by atoms with Crippen molar-refractivity contribution in [2.24, 2.45) is 0 Å². The van der Waals surface area contributed by atoms with Gasteiger partial charge in [-0.1, -0.05) is 25.1 Å². The summed E-state index contributed by atoms with van der Waals surface area (Å²) in [5.74, 6) is 0.958. The Hall–Kier alpha value is -1.44. The quantitative estimate of drug-likeness (QED) is 0.447. The fourth-order valence-corrected chi connectivity index (χ4v) is 2.36. The highest BCUT2D eigenvalue weighted by Gasteiger charge is 2.07. The van der Waals surface area contributed by atoms with E-state index < -0.39 is 0 Å². The van der Waals surface area contributed by atoms with Crippen molar-refractivity contribution in [1.82, 2.24) is 0 Å². The Bertz CT molecular complexity index is 466. The number of benzene rings is 1. The number of rotatable bonds is 8. The lowest BCUT2D eigenvalue weighted by Crippen LogP contribution is -2.11. The molecule has 0 atom stereocenters. The van der Waals surface area contributed by atoms with Crippen LogP contribution in [0, 0.1) is 11.3 Å². The van der Waals surface area contributed by atoms with Crippen LogP contribution in [0.4, 0.5) is 5.69 Å². The van der Waals surface area contributed by atoms with E-state index in [4.69, 9.17) is 4.74 Å². The molecule has 0 aliphatic carbocycles. The zero-order valence-corrected chi connectivity index (χ0v) is 12.3. The number of hydrogen-bond donors (Lipinski definition) is 1. The number of nitrogens with one attached hydrogen (secondary N) is 1. The molecule has 0 saturated carbocycles. The maximum atomic E-state index is 9.26. The van der Waals surface area contributed by atoms with Crippen LogP contribution in [0.5, 0.6) is 0 Å². The van der Waals surface area contributed by atoms with Gasteiger partial charge in [-0.25, -0.2) is 0 Å². The Morgan fingerprint density at radius 3 is 2.95 bits per heavy atom. The SMILES string of the molecule is C=C(C)COCCNc1cccc(SCC)c1C#N. The maximum Gasteiger partial charge on any atom is 0.102 e. The molecular weight excluding hydrogens is 256 g/mol. The summed E-state index contributed by atoms with van der Waals surface area (Å²) in [7, 11) is 0. The Morgan fingerprint density at radius 2 is 2.32 bits per heavy atom. The van der Waals surface area contributed by atoms with Gasteiger partial charge in [-0.15, -0.1) is 11.8 Å². The molecular formula is C15H20N2OS. The van der Waals surface area contributed by atoms with Gasteiger partial charge >= 0.3 is 0 Å². The van der Waals surface area contributed by atoms with Crippen molar-refractivity contribution in [2.45, 2.75) is 18.7 Å². The summed E-state index contributed by atoms with van der Waals surface area (Å²) in [4.78, 5) is 1.03. The van der Waals surface area contributed by atoms with Gasteiger partial charge in [-0.05, 0) is 24.8 Å². The fourth-order valence-electron chi connectivity index (χ4n) is 1.57. The van der Waals surface area contributed by atoms with Gasteiger partial charge < -0.3 is 10.1 Å². The number of hydrogen-bond acceptors (Lipinski definition) is 4. The molecule has 0 aromatic heterocycles. The van der Waals surface area contributed by atoms with Gasteiger partial charge in [0, 0.05) is 11.4 Å². The topological polar surface area (TPSA) is 45.0 Å². The van der Waals surface area contributed by atoms with E-state index in [0.717, 1.165) is 21.9 Å². The molecule has 1 rings (SSSR count). The molecule has 3 nitrogen and oxygen atoms in total. The Labute approximate surface area is 119 Å². The second-order valence-corrected chi connectivity index (χ2v) is 5.47. The lowest BCUT2D eigenvalue weighted by atomic mass is 10.2. The zero-order chi connectivity index (χ0) is 14.1. The lowest BCUT2D eigenvalue weighted by Gasteiger charge is -2.11. The van der Waals surface area contributed by atoms with E-state index in [-0.39, 0.29) is 0 Å². The van der Waals surface area contributed by atoms with Crippen LogP contribution in [0.3, 0.4) is 0 Å². The fraction of sp³-hybridized carbons (Fsp3) is 0.400. The third-order valence-corrected chi connectivity index (χ3v) is 3.29. The molecule has 0 saturated heterocycles. The van der Waals surface area contributed by atoms with Crippen molar-refractivity contribution >= 4 is 17.4 Å². The van der Waals surface area contributed by atoms with Gasteiger partial charge in [0.2, 0.25) is 0 Å². The van der Waals surface area contributed by atoms with Crippen molar-refractivity contribution in [1.29, 1.82) is 5.26 Å². The summed E-state index contributed by atoms with van der Waals surface area (Å²) in [6, 6.07) is 8.15. The third-order valence-electron chi connectivity index (χ3n) is 2.35. The van der Waals surface area contributed by atoms with E-state index in [0.29, 0.717) is 25.3 Å². The minimum atomic E-state index is 0.582. The van der Waals surface area contributed by atoms with Crippen LogP contribution >= 0.6 is 11.8 Å². The lowest BCUT2D eigenvalue weighted by molar-refractivity contribution is 0.167. The molecule has 0 bridgehead atoms. The monoisotopic (exact) mass is 276 g/mol. The van der Waals surface area contributed by atoms with Crippen LogP contribution in [0.2, 0.25) is 0 Å². The second kappa shape index (κ2) is 8.63. The van der Waals surface area contributed by atoms with Crippen molar-refractivity contribution in [2.75, 3.05) is 30.8 Å². The predicted octanol–water partition coefficient (Wildman–Crippen LogP) is 3.67. The molecule has 0 aliphatic rings. The van der Waals surface area contributed by atoms with Crippen LogP contribution in [-0.2, 0) is 4.74 Å². The van der Waals surface area contributed by atoms with Crippen LogP contribution in [0.25, 0.3) is 0 Å². The first-order chi connectivity index (χ1) is 9.19. The van der Waals surface area contributed by atoms with Crippen LogP contribution in [0.1, 0.15) is 19.4 Å². The molecule has 19 heavy (non-hydrogen) atoms. The Morgan fingerprint density at radius 1 is 1.53 bits per heavy atom. The summed E-state index contributed by atoms with van der Waals surface area (Å²) >= 11 is 1.68. The molecule has 0 amide bonds. The molecule has 0 heterocycles. The molecule has 102 valence electrons. The average molecular weight is 276 g/mol. The highest BCUT2D eigenvalue weighted by molar-refractivity contribution is 7.99. The first kappa shape index (κ1) is 15.6. The van der Waals surface area contributed by atoms with E-state index >= 15 is 0 Å². The first-order valence-electron chi connectivity index (χ1n) is 6.31. The molecule has 0 spiro atoms. The normalized spacial score (nSPS) is 9.95. The Balaban J connectivity index is 2.56. The van der Waals surface area contributed by atoms with E-state index in [1.165, 1.54) is 0 Å². The van der Waals surface area contributed by atoms with Crippen LogP contribution in [0.15, 0.2) is 35.2 Å². The van der Waals surface area contributed by atoms with Gasteiger partial charge in [0.15, 0.2) is 0 Å². The van der Waals surface area contributed by atoms with E-state index in [2.05, 4.69) is 24.9 Å². The molecule has 0 radical (unpaired) electrons. The summed E-state index contributed by atoms with van der Waals surface area (Å²) in [6.07, 6.45) is 0. The number of nitrogens with zero attached hydrogens (tertiary/aromatic N) is 1. The van der Waals surface area contributed by atoms with Crippen molar-refractivity contribution in [3.8, 4) is 6.07 Å². The molecule has 0 aliphatic heterocycles. The number of thioether (sulfide) groups is 1. The van der Waals surface area contributed by atoms with Crippen molar-refractivity contribution in [3.05, 3.63) is 35.9 Å². The molecule has 4 heteroatoms. The van der Waals surface area contributed by atoms with Gasteiger partial charge in [0.25, 0.3) is 0 Å². The van der Waals surface area contributed by atoms with Gasteiger partial charge in [-0.2, -0.15) is 5.26 Å². The zero-order valence-electron chi connectivity index (χ0n) is 11.5. The molecule has 1 N–H and O–H groups in total. The number of anilines is 1. The summed E-state index contributed by atoms with van der Waals surface area (Å²) in [6.45, 7) is 9.66. The summed E-state index contributed by atoms with van der Waals surface area (Å²) < 4.78 is 5.42.